The van der Waals surface area contributed by atoms with Gasteiger partial charge in [-0.15, -0.1) is 11.6 Å². The van der Waals surface area contributed by atoms with Gasteiger partial charge in [-0.3, -0.25) is 4.79 Å². The Morgan fingerprint density at radius 1 is 1.35 bits per heavy atom. The highest BCUT2D eigenvalue weighted by Crippen LogP contribution is 2.19. The van der Waals surface area contributed by atoms with Crippen molar-refractivity contribution in [1.29, 1.82) is 0 Å². The number of amides is 1. The number of benzene rings is 1. The summed E-state index contributed by atoms with van der Waals surface area (Å²) in [6.45, 7) is 0.880. The summed E-state index contributed by atoms with van der Waals surface area (Å²) in [6, 6.07) is 10.4. The normalized spacial score (nSPS) is 19.6. The first-order valence-electron chi connectivity index (χ1n) is 6.20. The lowest BCUT2D eigenvalue weighted by Gasteiger charge is -2.22. The van der Waals surface area contributed by atoms with Crippen molar-refractivity contribution in [1.82, 2.24) is 4.90 Å². The molecule has 1 amide bonds. The minimum atomic E-state index is 0.247. The van der Waals surface area contributed by atoms with Gasteiger partial charge in [0.1, 0.15) is 0 Å². The van der Waals surface area contributed by atoms with Crippen molar-refractivity contribution in [2.75, 3.05) is 12.4 Å². The van der Waals surface area contributed by atoms with Crippen molar-refractivity contribution in [3.8, 4) is 0 Å². The third-order valence-corrected chi connectivity index (χ3v) is 3.70. The van der Waals surface area contributed by atoms with Crippen LogP contribution < -0.4 is 0 Å². The zero-order valence-electron chi connectivity index (χ0n) is 9.94. The minimum Gasteiger partial charge on any atom is -0.339 e. The van der Waals surface area contributed by atoms with E-state index in [9.17, 15) is 4.79 Å². The van der Waals surface area contributed by atoms with Crippen molar-refractivity contribution in [2.24, 2.45) is 0 Å². The van der Waals surface area contributed by atoms with Crippen LogP contribution in [-0.4, -0.2) is 29.3 Å². The molecule has 3 heteroatoms. The number of hydrogen-bond donors (Lipinski definition) is 0. The van der Waals surface area contributed by atoms with Crippen LogP contribution >= 0.6 is 11.6 Å². The minimum absolute atomic E-state index is 0.247. The second-order valence-electron chi connectivity index (χ2n) is 4.52. The van der Waals surface area contributed by atoms with E-state index < -0.39 is 0 Å². The quantitative estimate of drug-likeness (QED) is 0.754. The Hall–Kier alpha value is -1.02. The van der Waals surface area contributed by atoms with E-state index in [1.54, 1.807) is 0 Å². The van der Waals surface area contributed by atoms with E-state index in [-0.39, 0.29) is 11.9 Å². The summed E-state index contributed by atoms with van der Waals surface area (Å²) in [6.07, 6.45) is 3.57. The van der Waals surface area contributed by atoms with Crippen LogP contribution in [0.25, 0.3) is 0 Å². The molecule has 1 saturated heterocycles. The van der Waals surface area contributed by atoms with E-state index in [1.165, 1.54) is 5.56 Å². The smallest absolute Gasteiger partial charge is 0.223 e. The summed E-state index contributed by atoms with van der Waals surface area (Å²) in [5.41, 5.74) is 1.22. The van der Waals surface area contributed by atoms with Gasteiger partial charge in [-0.25, -0.2) is 0 Å². The highest BCUT2D eigenvalue weighted by Gasteiger charge is 2.27. The second kappa shape index (κ2) is 6.06. The van der Waals surface area contributed by atoms with Crippen LogP contribution in [0, 0.1) is 0 Å². The zero-order chi connectivity index (χ0) is 12.1. The van der Waals surface area contributed by atoms with E-state index in [0.717, 1.165) is 25.8 Å². The molecular weight excluding hydrogens is 234 g/mol. The molecule has 0 N–H and O–H groups in total. The van der Waals surface area contributed by atoms with Crippen LogP contribution in [0.15, 0.2) is 30.3 Å². The molecule has 1 aromatic rings. The number of likely N-dealkylation sites (tertiary alicyclic amines) is 1. The molecule has 0 bridgehead atoms. The Morgan fingerprint density at radius 2 is 2.12 bits per heavy atom. The third kappa shape index (κ3) is 3.22. The number of carbonyl (C=O) groups is 1. The summed E-state index contributed by atoms with van der Waals surface area (Å²) in [4.78, 5) is 14.0. The van der Waals surface area contributed by atoms with Gasteiger partial charge in [-0.1, -0.05) is 30.3 Å². The molecule has 17 heavy (non-hydrogen) atoms. The van der Waals surface area contributed by atoms with Crippen molar-refractivity contribution >= 4 is 17.5 Å². The predicted molar refractivity (Wildman–Crippen MR) is 70.2 cm³/mol. The Balaban J connectivity index is 1.85. The average Bonchev–Trinajstić information content (AvgIpc) is 2.85. The molecule has 1 aromatic carbocycles. The van der Waals surface area contributed by atoms with Crippen LogP contribution in [-0.2, 0) is 11.2 Å². The van der Waals surface area contributed by atoms with E-state index in [0.29, 0.717) is 12.3 Å². The molecule has 0 saturated carbocycles. The lowest BCUT2D eigenvalue weighted by Crippen LogP contribution is -2.36. The maximum atomic E-state index is 12.1. The molecule has 1 aliphatic rings. The molecule has 2 rings (SSSR count). The summed E-state index contributed by atoms with van der Waals surface area (Å²) in [5, 5.41) is 0. The fraction of sp³-hybridized carbons (Fsp3) is 0.500. The lowest BCUT2D eigenvalue weighted by molar-refractivity contribution is -0.131. The molecule has 1 fully saturated rings. The molecule has 0 aliphatic carbocycles. The first-order valence-corrected chi connectivity index (χ1v) is 6.74. The molecule has 0 aromatic heterocycles. The summed E-state index contributed by atoms with van der Waals surface area (Å²) in [7, 11) is 0. The number of halogens is 1. The number of carbonyl (C=O) groups excluding carboxylic acids is 1. The first-order chi connectivity index (χ1) is 8.31. The van der Waals surface area contributed by atoms with Gasteiger partial charge in [0.2, 0.25) is 5.91 Å². The summed E-state index contributed by atoms with van der Waals surface area (Å²) < 4.78 is 0. The Kier molecular flexibility index (Phi) is 4.43. The SMILES string of the molecule is O=C(CCc1ccccc1)N1CCCC1CCl. The van der Waals surface area contributed by atoms with Crippen LogP contribution in [0.4, 0.5) is 0 Å². The maximum absolute atomic E-state index is 12.1. The van der Waals surface area contributed by atoms with E-state index in [1.807, 2.05) is 23.1 Å². The lowest BCUT2D eigenvalue weighted by atomic mass is 10.1. The monoisotopic (exact) mass is 251 g/mol. The van der Waals surface area contributed by atoms with E-state index in [2.05, 4.69) is 12.1 Å². The van der Waals surface area contributed by atoms with Gasteiger partial charge in [0.25, 0.3) is 0 Å². The van der Waals surface area contributed by atoms with Gasteiger partial charge >= 0.3 is 0 Å². The number of alkyl halides is 1. The van der Waals surface area contributed by atoms with Crippen molar-refractivity contribution in [3.05, 3.63) is 35.9 Å². The van der Waals surface area contributed by atoms with E-state index >= 15 is 0 Å². The first kappa shape index (κ1) is 12.4. The largest absolute Gasteiger partial charge is 0.339 e. The van der Waals surface area contributed by atoms with Crippen LogP contribution in [0.3, 0.4) is 0 Å². The standard InChI is InChI=1S/C14H18ClNO/c15-11-13-7-4-10-16(13)14(17)9-8-12-5-2-1-3-6-12/h1-3,5-6,13H,4,7-11H2. The van der Waals surface area contributed by atoms with Crippen molar-refractivity contribution in [2.45, 2.75) is 31.7 Å². The Bertz CT molecular complexity index is 366. The van der Waals surface area contributed by atoms with Crippen LogP contribution in [0.2, 0.25) is 0 Å². The third-order valence-electron chi connectivity index (χ3n) is 3.35. The van der Waals surface area contributed by atoms with Gasteiger partial charge in [-0.05, 0) is 24.8 Å². The Labute approximate surface area is 108 Å². The van der Waals surface area contributed by atoms with Gasteiger partial charge in [0.15, 0.2) is 0 Å². The number of rotatable bonds is 4. The molecule has 1 atom stereocenters. The number of aryl methyl sites for hydroxylation is 1. The Morgan fingerprint density at radius 3 is 2.82 bits per heavy atom. The molecule has 1 heterocycles. The maximum Gasteiger partial charge on any atom is 0.223 e. The highest BCUT2D eigenvalue weighted by molar-refractivity contribution is 6.18. The topological polar surface area (TPSA) is 20.3 Å². The summed E-state index contributed by atoms with van der Waals surface area (Å²) >= 11 is 5.87. The molecule has 92 valence electrons. The molecule has 1 unspecified atom stereocenters. The average molecular weight is 252 g/mol. The molecule has 2 nitrogen and oxygen atoms in total. The van der Waals surface area contributed by atoms with Crippen LogP contribution in [0.1, 0.15) is 24.8 Å². The number of hydrogen-bond acceptors (Lipinski definition) is 1. The van der Waals surface area contributed by atoms with Gasteiger partial charge in [-0.2, -0.15) is 0 Å². The highest BCUT2D eigenvalue weighted by atomic mass is 35.5. The van der Waals surface area contributed by atoms with Gasteiger partial charge in [0, 0.05) is 24.9 Å². The predicted octanol–water partition coefficient (Wildman–Crippen LogP) is 2.85. The molecular formula is C14H18ClNO. The molecule has 1 aliphatic heterocycles. The van der Waals surface area contributed by atoms with Crippen molar-refractivity contribution in [3.63, 3.8) is 0 Å². The number of nitrogens with zero attached hydrogens (tertiary/aromatic N) is 1. The van der Waals surface area contributed by atoms with Gasteiger partial charge < -0.3 is 4.90 Å². The molecule has 0 radical (unpaired) electrons. The summed E-state index contributed by atoms with van der Waals surface area (Å²) in [5.74, 6) is 0.814. The van der Waals surface area contributed by atoms with Crippen molar-refractivity contribution < 1.29 is 4.79 Å². The van der Waals surface area contributed by atoms with Crippen LogP contribution in [0.5, 0.6) is 0 Å². The van der Waals surface area contributed by atoms with Gasteiger partial charge in [0.05, 0.1) is 0 Å². The zero-order valence-corrected chi connectivity index (χ0v) is 10.7. The molecule has 0 spiro atoms. The fourth-order valence-electron chi connectivity index (χ4n) is 2.36. The fourth-order valence-corrected chi connectivity index (χ4v) is 2.68. The van der Waals surface area contributed by atoms with E-state index in [4.69, 9.17) is 11.6 Å². The second-order valence-corrected chi connectivity index (χ2v) is 4.83.